The van der Waals surface area contributed by atoms with Gasteiger partial charge in [-0.25, -0.2) is 4.79 Å². The number of nitrogens with zero attached hydrogens (tertiary/aromatic N) is 2. The fraction of sp³-hybridized carbons (Fsp3) is 0.333. The van der Waals surface area contributed by atoms with Gasteiger partial charge in [0.1, 0.15) is 0 Å². The monoisotopic (exact) mass is 220 g/mol. The maximum Gasteiger partial charge on any atom is 0.331 e. The predicted molar refractivity (Wildman–Crippen MR) is 61.5 cm³/mol. The lowest BCUT2D eigenvalue weighted by Crippen LogP contribution is -2.17. The van der Waals surface area contributed by atoms with Gasteiger partial charge in [0.2, 0.25) is 0 Å². The summed E-state index contributed by atoms with van der Waals surface area (Å²) < 4.78 is 4.53. The number of pyridine rings is 1. The van der Waals surface area contributed by atoms with Crippen molar-refractivity contribution in [2.45, 2.75) is 13.5 Å². The smallest absolute Gasteiger partial charge is 0.331 e. The molecule has 1 aromatic rings. The number of hydrogen-bond acceptors (Lipinski definition) is 4. The van der Waals surface area contributed by atoms with Crippen LogP contribution in [-0.2, 0) is 16.1 Å². The molecule has 0 bridgehead atoms. The molecule has 0 unspecified atom stereocenters. The molecular formula is C12H16N2O2. The van der Waals surface area contributed by atoms with Gasteiger partial charge >= 0.3 is 5.97 Å². The van der Waals surface area contributed by atoms with E-state index in [9.17, 15) is 4.79 Å². The Labute approximate surface area is 95.6 Å². The van der Waals surface area contributed by atoms with E-state index < -0.39 is 0 Å². The van der Waals surface area contributed by atoms with E-state index >= 15 is 0 Å². The molecule has 86 valence electrons. The molecule has 1 rings (SSSR count). The van der Waals surface area contributed by atoms with E-state index in [4.69, 9.17) is 0 Å². The van der Waals surface area contributed by atoms with Crippen molar-refractivity contribution in [3.8, 4) is 0 Å². The van der Waals surface area contributed by atoms with Crippen molar-refractivity contribution in [1.82, 2.24) is 9.88 Å². The molecule has 1 aromatic heterocycles. The summed E-state index contributed by atoms with van der Waals surface area (Å²) >= 11 is 0. The summed E-state index contributed by atoms with van der Waals surface area (Å²) in [5.41, 5.74) is 0.971. The molecule has 0 aliphatic heterocycles. The van der Waals surface area contributed by atoms with Crippen LogP contribution in [0.1, 0.15) is 12.6 Å². The van der Waals surface area contributed by atoms with Crippen molar-refractivity contribution in [2.24, 2.45) is 0 Å². The van der Waals surface area contributed by atoms with Crippen LogP contribution in [0.15, 0.2) is 36.7 Å². The summed E-state index contributed by atoms with van der Waals surface area (Å²) in [6.45, 7) is 3.51. The predicted octanol–water partition coefficient (Wildman–Crippen LogP) is 1.59. The van der Waals surface area contributed by atoms with Crippen LogP contribution in [0.25, 0.3) is 0 Å². The normalized spacial score (nSPS) is 10.4. The van der Waals surface area contributed by atoms with Gasteiger partial charge in [0.25, 0.3) is 0 Å². The molecule has 4 nitrogen and oxygen atoms in total. The van der Waals surface area contributed by atoms with Crippen LogP contribution in [0.4, 0.5) is 0 Å². The van der Waals surface area contributed by atoms with Crippen molar-refractivity contribution in [1.29, 1.82) is 0 Å². The van der Waals surface area contributed by atoms with Gasteiger partial charge < -0.3 is 9.64 Å². The highest BCUT2D eigenvalue weighted by Crippen LogP contribution is 2.01. The first-order valence-corrected chi connectivity index (χ1v) is 5.16. The number of methoxy groups -OCH3 is 1. The fourth-order valence-electron chi connectivity index (χ4n) is 1.20. The van der Waals surface area contributed by atoms with Gasteiger partial charge in [-0.2, -0.15) is 0 Å². The van der Waals surface area contributed by atoms with Crippen molar-refractivity contribution >= 4 is 5.97 Å². The highest BCUT2D eigenvalue weighted by Gasteiger charge is 2.00. The Balaban J connectivity index is 2.56. The van der Waals surface area contributed by atoms with Crippen molar-refractivity contribution < 1.29 is 9.53 Å². The number of ether oxygens (including phenoxy) is 1. The second-order valence-electron chi connectivity index (χ2n) is 3.22. The Morgan fingerprint density at radius 1 is 1.56 bits per heavy atom. The zero-order valence-electron chi connectivity index (χ0n) is 9.59. The van der Waals surface area contributed by atoms with Gasteiger partial charge in [-0.3, -0.25) is 4.98 Å². The molecule has 0 aliphatic rings. The first kappa shape index (κ1) is 12.2. The fourth-order valence-corrected chi connectivity index (χ4v) is 1.20. The number of aromatic nitrogens is 1. The molecule has 0 aromatic carbocycles. The van der Waals surface area contributed by atoms with Crippen LogP contribution in [0.2, 0.25) is 0 Å². The third-order valence-corrected chi connectivity index (χ3v) is 2.12. The van der Waals surface area contributed by atoms with Crippen molar-refractivity contribution in [3.05, 3.63) is 42.4 Å². The first-order valence-electron chi connectivity index (χ1n) is 5.16. The lowest BCUT2D eigenvalue weighted by Gasteiger charge is -2.17. The molecule has 0 fully saturated rings. The summed E-state index contributed by atoms with van der Waals surface area (Å²) in [5, 5.41) is 0. The zero-order chi connectivity index (χ0) is 11.8. The van der Waals surface area contributed by atoms with Gasteiger partial charge in [0, 0.05) is 25.0 Å². The summed E-state index contributed by atoms with van der Waals surface area (Å²) in [5.74, 6) is -0.348. The van der Waals surface area contributed by atoms with Crippen LogP contribution in [0.3, 0.4) is 0 Å². The molecule has 0 atom stereocenters. The summed E-state index contributed by atoms with van der Waals surface area (Å²) in [6, 6.07) is 5.78. The van der Waals surface area contributed by atoms with E-state index in [2.05, 4.69) is 9.72 Å². The zero-order valence-corrected chi connectivity index (χ0v) is 9.59. The van der Waals surface area contributed by atoms with Crippen LogP contribution in [0, 0.1) is 0 Å². The molecular weight excluding hydrogens is 204 g/mol. The third-order valence-electron chi connectivity index (χ3n) is 2.12. The second-order valence-corrected chi connectivity index (χ2v) is 3.22. The third kappa shape index (κ3) is 4.13. The van der Waals surface area contributed by atoms with E-state index in [0.717, 1.165) is 12.2 Å². The van der Waals surface area contributed by atoms with Gasteiger partial charge in [-0.05, 0) is 19.1 Å². The topological polar surface area (TPSA) is 42.4 Å². The van der Waals surface area contributed by atoms with Crippen LogP contribution < -0.4 is 0 Å². The highest BCUT2D eigenvalue weighted by atomic mass is 16.5. The van der Waals surface area contributed by atoms with Gasteiger partial charge in [0.05, 0.1) is 19.3 Å². The van der Waals surface area contributed by atoms with E-state index in [-0.39, 0.29) is 5.97 Å². The van der Waals surface area contributed by atoms with Gasteiger partial charge in [-0.1, -0.05) is 6.07 Å². The van der Waals surface area contributed by atoms with Crippen LogP contribution in [-0.4, -0.2) is 29.5 Å². The number of hydrogen-bond donors (Lipinski definition) is 0. The average Bonchev–Trinajstić information content (AvgIpc) is 2.35. The summed E-state index contributed by atoms with van der Waals surface area (Å²) in [7, 11) is 1.36. The van der Waals surface area contributed by atoms with Gasteiger partial charge in [-0.15, -0.1) is 0 Å². The molecule has 0 saturated heterocycles. The number of carbonyl (C=O) groups excluding carboxylic acids is 1. The molecule has 0 radical (unpaired) electrons. The first-order chi connectivity index (χ1) is 7.76. The average molecular weight is 220 g/mol. The molecule has 0 saturated carbocycles. The molecule has 0 spiro atoms. The Kier molecular flexibility index (Phi) is 5.05. The standard InChI is InChI=1S/C12H16N2O2/c1-3-14(9-7-12(15)16-2)10-11-6-4-5-8-13-11/h4-9H,3,10H2,1-2H3. The summed E-state index contributed by atoms with van der Waals surface area (Å²) in [4.78, 5) is 17.1. The van der Waals surface area contributed by atoms with Gasteiger partial charge in [0.15, 0.2) is 0 Å². The number of carbonyl (C=O) groups is 1. The highest BCUT2D eigenvalue weighted by molar-refractivity contribution is 5.81. The molecule has 0 aliphatic carbocycles. The SMILES string of the molecule is CCN(C=CC(=O)OC)Cc1ccccn1. The maximum atomic E-state index is 10.9. The Morgan fingerprint density at radius 3 is 2.94 bits per heavy atom. The van der Waals surface area contributed by atoms with E-state index in [1.807, 2.05) is 30.0 Å². The minimum atomic E-state index is -0.348. The quantitative estimate of drug-likeness (QED) is 0.558. The molecule has 16 heavy (non-hydrogen) atoms. The lowest BCUT2D eigenvalue weighted by molar-refractivity contribution is -0.134. The Bertz CT molecular complexity index is 349. The molecule has 1 heterocycles. The van der Waals surface area contributed by atoms with E-state index in [0.29, 0.717) is 6.54 Å². The minimum Gasteiger partial charge on any atom is -0.466 e. The van der Waals surface area contributed by atoms with Crippen molar-refractivity contribution in [2.75, 3.05) is 13.7 Å². The molecule has 4 heteroatoms. The molecule has 0 N–H and O–H groups in total. The largest absolute Gasteiger partial charge is 0.466 e. The number of esters is 1. The Hall–Kier alpha value is -1.84. The maximum absolute atomic E-state index is 10.9. The Morgan fingerprint density at radius 2 is 2.38 bits per heavy atom. The van der Waals surface area contributed by atoms with Crippen LogP contribution >= 0.6 is 0 Å². The lowest BCUT2D eigenvalue weighted by atomic mass is 10.3. The van der Waals surface area contributed by atoms with Crippen LogP contribution in [0.5, 0.6) is 0 Å². The van der Waals surface area contributed by atoms with Crippen molar-refractivity contribution in [3.63, 3.8) is 0 Å². The molecule has 0 amide bonds. The number of rotatable bonds is 5. The van der Waals surface area contributed by atoms with E-state index in [1.165, 1.54) is 13.2 Å². The minimum absolute atomic E-state index is 0.348. The van der Waals surface area contributed by atoms with E-state index in [1.54, 1.807) is 12.4 Å². The summed E-state index contributed by atoms with van der Waals surface area (Å²) in [6.07, 6.45) is 4.89. The second kappa shape index (κ2) is 6.61.